The molecule has 0 amide bonds. The van der Waals surface area contributed by atoms with Gasteiger partial charge in [0.05, 0.1) is 29.4 Å². The Morgan fingerprint density at radius 3 is 2.35 bits per heavy atom. The summed E-state index contributed by atoms with van der Waals surface area (Å²) in [7, 11) is 1.40. The fourth-order valence-electron chi connectivity index (χ4n) is 3.97. The van der Waals surface area contributed by atoms with Crippen LogP contribution in [0.1, 0.15) is 56.3 Å². The van der Waals surface area contributed by atoms with Crippen molar-refractivity contribution in [2.45, 2.75) is 31.8 Å². The van der Waals surface area contributed by atoms with Gasteiger partial charge in [0.2, 0.25) is 5.78 Å². The largest absolute Gasteiger partial charge is 0.507 e. The number of hydrogen-bond acceptors (Lipinski definition) is 6. The van der Waals surface area contributed by atoms with E-state index in [-0.39, 0.29) is 45.9 Å². The van der Waals surface area contributed by atoms with E-state index < -0.39 is 17.2 Å². The lowest BCUT2D eigenvalue weighted by atomic mass is 9.74. The Hall–Kier alpha value is -2.86. The van der Waals surface area contributed by atoms with Crippen LogP contribution in [-0.4, -0.2) is 39.6 Å². The molecule has 0 fully saturated rings. The van der Waals surface area contributed by atoms with Gasteiger partial charge in [-0.3, -0.25) is 9.59 Å². The molecule has 1 unspecified atom stereocenters. The van der Waals surface area contributed by atoms with Crippen LogP contribution < -0.4 is 4.74 Å². The quantitative estimate of drug-likeness (QED) is 0.578. The van der Waals surface area contributed by atoms with Crippen LogP contribution >= 0.6 is 0 Å². The number of aromatic hydroxyl groups is 2. The SMILES string of the molecule is COc1cccc2c1C(=O)c1c(O)c3c(c(O)c1C2=O)CC(C)(O)CC3. The summed E-state index contributed by atoms with van der Waals surface area (Å²) in [5.74, 6) is -1.49. The predicted molar refractivity (Wildman–Crippen MR) is 92.3 cm³/mol. The highest BCUT2D eigenvalue weighted by molar-refractivity contribution is 6.31. The molecule has 134 valence electrons. The summed E-state index contributed by atoms with van der Waals surface area (Å²) in [6, 6.07) is 4.66. The highest BCUT2D eigenvalue weighted by atomic mass is 16.5. The van der Waals surface area contributed by atoms with Crippen LogP contribution in [0.25, 0.3) is 0 Å². The molecule has 0 aromatic heterocycles. The lowest BCUT2D eigenvalue weighted by molar-refractivity contribution is 0.0446. The molecule has 3 N–H and O–H groups in total. The maximum absolute atomic E-state index is 13.1. The van der Waals surface area contributed by atoms with Crippen molar-refractivity contribution in [3.63, 3.8) is 0 Å². The third-order valence-corrected chi connectivity index (χ3v) is 5.30. The summed E-state index contributed by atoms with van der Waals surface area (Å²) in [4.78, 5) is 26.1. The van der Waals surface area contributed by atoms with Crippen LogP contribution in [0, 0.1) is 0 Å². The van der Waals surface area contributed by atoms with E-state index in [2.05, 4.69) is 0 Å². The molecule has 2 aromatic carbocycles. The molecule has 1 atom stereocenters. The van der Waals surface area contributed by atoms with Gasteiger partial charge in [0.15, 0.2) is 5.78 Å². The van der Waals surface area contributed by atoms with Gasteiger partial charge in [-0.1, -0.05) is 12.1 Å². The monoisotopic (exact) mass is 354 g/mol. The highest BCUT2D eigenvalue weighted by Gasteiger charge is 2.41. The third-order valence-electron chi connectivity index (χ3n) is 5.30. The van der Waals surface area contributed by atoms with Gasteiger partial charge >= 0.3 is 0 Å². The number of phenolic OH excluding ortho intramolecular Hbond substituents is 2. The van der Waals surface area contributed by atoms with Crippen molar-refractivity contribution >= 4 is 11.6 Å². The second kappa shape index (κ2) is 5.32. The summed E-state index contributed by atoms with van der Waals surface area (Å²) < 4.78 is 5.21. The topological polar surface area (TPSA) is 104 Å². The first-order chi connectivity index (χ1) is 12.3. The lowest BCUT2D eigenvalue weighted by Gasteiger charge is -2.33. The molecule has 0 spiro atoms. The van der Waals surface area contributed by atoms with Crippen molar-refractivity contribution in [3.05, 3.63) is 51.6 Å². The Kier molecular flexibility index (Phi) is 3.39. The van der Waals surface area contributed by atoms with Gasteiger partial charge in [0.25, 0.3) is 0 Å². The molecule has 0 saturated heterocycles. The van der Waals surface area contributed by atoms with E-state index >= 15 is 0 Å². The van der Waals surface area contributed by atoms with E-state index in [0.29, 0.717) is 24.0 Å². The molecule has 6 heteroatoms. The molecular formula is C20H18O6. The van der Waals surface area contributed by atoms with Gasteiger partial charge in [0, 0.05) is 23.1 Å². The number of ketones is 2. The second-order valence-electron chi connectivity index (χ2n) is 7.12. The predicted octanol–water partition coefficient (Wildman–Crippen LogP) is 2.12. The van der Waals surface area contributed by atoms with Crippen LogP contribution in [0.4, 0.5) is 0 Å². The molecule has 6 nitrogen and oxygen atoms in total. The summed E-state index contributed by atoms with van der Waals surface area (Å²) in [6.07, 6.45) is 0.782. The average molecular weight is 354 g/mol. The molecule has 26 heavy (non-hydrogen) atoms. The number of aliphatic hydroxyl groups is 1. The molecule has 2 aromatic rings. The smallest absolute Gasteiger partial charge is 0.202 e. The number of methoxy groups -OCH3 is 1. The van der Waals surface area contributed by atoms with E-state index in [1.165, 1.54) is 13.2 Å². The first-order valence-electron chi connectivity index (χ1n) is 8.35. The van der Waals surface area contributed by atoms with E-state index in [1.54, 1.807) is 19.1 Å². The maximum atomic E-state index is 13.1. The van der Waals surface area contributed by atoms with E-state index in [1.807, 2.05) is 0 Å². The minimum absolute atomic E-state index is 0.0879. The molecule has 0 bridgehead atoms. The van der Waals surface area contributed by atoms with Crippen molar-refractivity contribution in [2.75, 3.05) is 7.11 Å². The van der Waals surface area contributed by atoms with Gasteiger partial charge in [-0.05, 0) is 25.8 Å². The fraction of sp³-hybridized carbons (Fsp3) is 0.300. The summed E-state index contributed by atoms with van der Waals surface area (Å²) in [5, 5.41) is 31.8. The summed E-state index contributed by atoms with van der Waals surface area (Å²) >= 11 is 0. The van der Waals surface area contributed by atoms with Crippen LogP contribution in [0.15, 0.2) is 18.2 Å². The van der Waals surface area contributed by atoms with Gasteiger partial charge in [-0.2, -0.15) is 0 Å². The van der Waals surface area contributed by atoms with Crippen molar-refractivity contribution in [3.8, 4) is 17.2 Å². The Morgan fingerprint density at radius 2 is 1.65 bits per heavy atom. The molecule has 4 rings (SSSR count). The first-order valence-corrected chi connectivity index (χ1v) is 8.35. The van der Waals surface area contributed by atoms with Crippen LogP contribution in [0.5, 0.6) is 17.2 Å². The number of benzene rings is 2. The molecule has 2 aliphatic carbocycles. The Balaban J connectivity index is 2.04. The Bertz CT molecular complexity index is 987. The highest BCUT2D eigenvalue weighted by Crippen LogP contribution is 2.47. The van der Waals surface area contributed by atoms with Gasteiger partial charge in [0.1, 0.15) is 17.2 Å². The van der Waals surface area contributed by atoms with E-state index in [0.717, 1.165) is 0 Å². The molecule has 0 radical (unpaired) electrons. The number of carbonyl (C=O) groups excluding carboxylic acids is 2. The third kappa shape index (κ3) is 2.08. The first kappa shape index (κ1) is 16.6. The van der Waals surface area contributed by atoms with E-state index in [9.17, 15) is 24.9 Å². The maximum Gasteiger partial charge on any atom is 0.202 e. The number of rotatable bonds is 1. The number of ether oxygens (including phenoxy) is 1. The van der Waals surface area contributed by atoms with Gasteiger partial charge in [-0.15, -0.1) is 0 Å². The molecular weight excluding hydrogens is 336 g/mol. The minimum Gasteiger partial charge on any atom is -0.507 e. The Labute approximate surface area is 149 Å². The molecule has 0 saturated carbocycles. The van der Waals surface area contributed by atoms with Crippen molar-refractivity contribution < 1.29 is 29.6 Å². The number of hydrogen-bond donors (Lipinski definition) is 3. The summed E-state index contributed by atoms with van der Waals surface area (Å²) in [5.41, 5.74) is -0.496. The van der Waals surface area contributed by atoms with Gasteiger partial charge in [-0.25, -0.2) is 0 Å². The lowest BCUT2D eigenvalue weighted by Crippen LogP contribution is -2.33. The second-order valence-corrected chi connectivity index (χ2v) is 7.12. The van der Waals surface area contributed by atoms with Crippen molar-refractivity contribution in [2.24, 2.45) is 0 Å². The number of phenols is 2. The number of carbonyl (C=O) groups is 2. The van der Waals surface area contributed by atoms with E-state index in [4.69, 9.17) is 4.74 Å². The van der Waals surface area contributed by atoms with Crippen LogP contribution in [0.3, 0.4) is 0 Å². The zero-order valence-electron chi connectivity index (χ0n) is 14.4. The molecule has 0 heterocycles. The zero-order valence-corrected chi connectivity index (χ0v) is 14.4. The van der Waals surface area contributed by atoms with Crippen molar-refractivity contribution in [1.82, 2.24) is 0 Å². The van der Waals surface area contributed by atoms with Crippen molar-refractivity contribution in [1.29, 1.82) is 0 Å². The van der Waals surface area contributed by atoms with Crippen LogP contribution in [-0.2, 0) is 12.8 Å². The average Bonchev–Trinajstić information content (AvgIpc) is 2.61. The fourth-order valence-corrected chi connectivity index (χ4v) is 3.97. The Morgan fingerprint density at radius 1 is 1.00 bits per heavy atom. The minimum atomic E-state index is -1.05. The normalized spacial score (nSPS) is 21.0. The standard InChI is InChI=1S/C20H18O6/c1-20(25)7-6-9-11(8-20)18(23)14-15(16(9)21)19(24)13-10(17(14)22)4-3-5-12(13)26-2/h3-5,21,23,25H,6-8H2,1-2H3. The summed E-state index contributed by atoms with van der Waals surface area (Å²) in [6.45, 7) is 1.64. The molecule has 0 aliphatic heterocycles. The molecule has 2 aliphatic rings. The van der Waals surface area contributed by atoms with Gasteiger partial charge < -0.3 is 20.1 Å². The number of fused-ring (bicyclic) bond motifs is 3. The zero-order chi connectivity index (χ0) is 18.8. The van der Waals surface area contributed by atoms with Crippen LogP contribution in [0.2, 0.25) is 0 Å².